The first-order chi connectivity index (χ1) is 9.66. The highest BCUT2D eigenvalue weighted by Crippen LogP contribution is 2.58. The molecule has 0 spiro atoms. The Labute approximate surface area is 124 Å². The number of ether oxygens (including phenoxy) is 1. The molecule has 2 aliphatic heterocycles. The second-order valence-corrected chi connectivity index (χ2v) is 7.54. The maximum absolute atomic E-state index is 12.7. The van der Waals surface area contributed by atoms with E-state index in [-0.39, 0.29) is 29.9 Å². The van der Waals surface area contributed by atoms with Crippen molar-refractivity contribution in [3.05, 3.63) is 0 Å². The molecule has 2 N–H and O–H groups in total. The monoisotopic (exact) mass is 306 g/mol. The SMILES string of the molecule is CC1(C)C2OCCC2C1(N)CN1CCC(C(F)(F)F)CC1. The van der Waals surface area contributed by atoms with Gasteiger partial charge in [0.1, 0.15) is 0 Å². The largest absolute Gasteiger partial charge is 0.391 e. The predicted molar refractivity (Wildman–Crippen MR) is 73.8 cm³/mol. The van der Waals surface area contributed by atoms with Gasteiger partial charge in [0.05, 0.1) is 12.0 Å². The Morgan fingerprint density at radius 2 is 1.81 bits per heavy atom. The number of hydrogen-bond donors (Lipinski definition) is 1. The van der Waals surface area contributed by atoms with Crippen molar-refractivity contribution in [2.45, 2.75) is 50.9 Å². The van der Waals surface area contributed by atoms with Crippen molar-refractivity contribution in [2.75, 3.05) is 26.2 Å². The van der Waals surface area contributed by atoms with Crippen LogP contribution < -0.4 is 5.73 Å². The van der Waals surface area contributed by atoms with Gasteiger partial charge in [-0.25, -0.2) is 0 Å². The standard InChI is InChI=1S/C15H25F3N2O/c1-13(2)12-11(5-8-21-12)14(13,19)9-20-6-3-10(4-7-20)15(16,17)18/h10-12H,3-9,19H2,1-2H3. The van der Waals surface area contributed by atoms with Crippen LogP contribution in [0.2, 0.25) is 0 Å². The van der Waals surface area contributed by atoms with Crippen LogP contribution in [0, 0.1) is 17.3 Å². The lowest BCUT2D eigenvalue weighted by atomic mass is 9.48. The first kappa shape index (κ1) is 15.6. The molecule has 3 aliphatic rings. The van der Waals surface area contributed by atoms with Crippen molar-refractivity contribution in [3.63, 3.8) is 0 Å². The number of nitrogens with two attached hydrogens (primary N) is 1. The van der Waals surface area contributed by atoms with Crippen LogP contribution in [0.3, 0.4) is 0 Å². The number of nitrogens with zero attached hydrogens (tertiary/aromatic N) is 1. The normalized spacial score (nSPS) is 40.9. The Morgan fingerprint density at radius 3 is 2.38 bits per heavy atom. The Bertz CT molecular complexity index is 404. The van der Waals surface area contributed by atoms with Gasteiger partial charge in [0, 0.05) is 30.0 Å². The molecule has 3 unspecified atom stereocenters. The van der Waals surface area contributed by atoms with Gasteiger partial charge in [-0.1, -0.05) is 13.8 Å². The third kappa shape index (κ3) is 2.30. The van der Waals surface area contributed by atoms with Gasteiger partial charge in [-0.05, 0) is 32.4 Å². The molecule has 122 valence electrons. The van der Waals surface area contributed by atoms with Gasteiger partial charge >= 0.3 is 6.18 Å². The fourth-order valence-electron chi connectivity index (χ4n) is 4.58. The molecule has 3 nitrogen and oxygen atoms in total. The molecule has 0 aromatic carbocycles. The molecule has 1 aliphatic carbocycles. The van der Waals surface area contributed by atoms with E-state index >= 15 is 0 Å². The fraction of sp³-hybridized carbons (Fsp3) is 1.00. The van der Waals surface area contributed by atoms with Crippen molar-refractivity contribution >= 4 is 0 Å². The zero-order valence-electron chi connectivity index (χ0n) is 12.7. The lowest BCUT2D eigenvalue weighted by Crippen LogP contribution is -2.78. The van der Waals surface area contributed by atoms with Gasteiger partial charge in [-0.2, -0.15) is 13.2 Å². The Balaban J connectivity index is 1.61. The summed E-state index contributed by atoms with van der Waals surface area (Å²) < 4.78 is 43.9. The highest BCUT2D eigenvalue weighted by molar-refractivity contribution is 5.21. The predicted octanol–water partition coefficient (Wildman–Crippen LogP) is 2.40. The van der Waals surface area contributed by atoms with E-state index in [2.05, 4.69) is 18.7 Å². The minimum atomic E-state index is -4.05. The smallest absolute Gasteiger partial charge is 0.377 e. The number of hydrogen-bond acceptors (Lipinski definition) is 3. The summed E-state index contributed by atoms with van der Waals surface area (Å²) in [7, 11) is 0. The van der Waals surface area contributed by atoms with Gasteiger partial charge in [0.15, 0.2) is 0 Å². The van der Waals surface area contributed by atoms with Gasteiger partial charge in [0.2, 0.25) is 0 Å². The second kappa shape index (κ2) is 4.83. The lowest BCUT2D eigenvalue weighted by molar-refractivity contribution is -0.191. The molecule has 3 fully saturated rings. The van der Waals surface area contributed by atoms with Crippen molar-refractivity contribution in [1.29, 1.82) is 0 Å². The summed E-state index contributed by atoms with van der Waals surface area (Å²) in [4.78, 5) is 2.12. The molecule has 0 radical (unpaired) electrons. The van der Waals surface area contributed by atoms with E-state index in [1.54, 1.807) is 0 Å². The quantitative estimate of drug-likeness (QED) is 0.851. The summed E-state index contributed by atoms with van der Waals surface area (Å²) in [5.41, 5.74) is 6.24. The second-order valence-electron chi connectivity index (χ2n) is 7.54. The maximum Gasteiger partial charge on any atom is 0.391 e. The van der Waals surface area contributed by atoms with Crippen molar-refractivity contribution in [3.8, 4) is 0 Å². The molecule has 2 heterocycles. The topological polar surface area (TPSA) is 38.5 Å². The number of halogens is 3. The summed E-state index contributed by atoms with van der Waals surface area (Å²) in [6.07, 6.45) is -2.46. The van der Waals surface area contributed by atoms with Crippen molar-refractivity contribution < 1.29 is 17.9 Å². The van der Waals surface area contributed by atoms with Crippen LogP contribution in [0.25, 0.3) is 0 Å². The number of alkyl halides is 3. The molecule has 21 heavy (non-hydrogen) atoms. The van der Waals surface area contributed by atoms with Crippen LogP contribution in [-0.4, -0.2) is 49.0 Å². The summed E-state index contributed by atoms with van der Waals surface area (Å²) in [6, 6.07) is 0. The van der Waals surface area contributed by atoms with E-state index in [1.807, 2.05) is 0 Å². The molecule has 6 heteroatoms. The zero-order valence-corrected chi connectivity index (χ0v) is 12.7. The minimum Gasteiger partial charge on any atom is -0.377 e. The molecule has 0 amide bonds. The molecule has 0 bridgehead atoms. The van der Waals surface area contributed by atoms with Gasteiger partial charge in [-0.3, -0.25) is 0 Å². The van der Waals surface area contributed by atoms with Crippen LogP contribution in [0.15, 0.2) is 0 Å². The molecular formula is C15H25F3N2O. The van der Waals surface area contributed by atoms with Gasteiger partial charge in [0.25, 0.3) is 0 Å². The van der Waals surface area contributed by atoms with E-state index in [0.29, 0.717) is 25.6 Å². The summed E-state index contributed by atoms with van der Waals surface area (Å²) in [5.74, 6) is -0.785. The first-order valence-corrected chi connectivity index (χ1v) is 7.86. The van der Waals surface area contributed by atoms with Crippen LogP contribution in [0.1, 0.15) is 33.1 Å². The highest BCUT2D eigenvalue weighted by atomic mass is 19.4. The van der Waals surface area contributed by atoms with E-state index in [1.165, 1.54) is 0 Å². The Kier molecular flexibility index (Phi) is 3.58. The van der Waals surface area contributed by atoms with Gasteiger partial charge < -0.3 is 15.4 Å². The number of likely N-dealkylation sites (tertiary alicyclic amines) is 1. The third-order valence-electron chi connectivity index (χ3n) is 6.20. The summed E-state index contributed by atoms with van der Waals surface area (Å²) in [5, 5.41) is 0. The number of rotatable bonds is 2. The zero-order chi connectivity index (χ0) is 15.5. The Morgan fingerprint density at radius 1 is 1.19 bits per heavy atom. The number of piperidine rings is 1. The van der Waals surface area contributed by atoms with E-state index in [4.69, 9.17) is 10.5 Å². The fourth-order valence-corrected chi connectivity index (χ4v) is 4.58. The molecule has 3 atom stereocenters. The lowest BCUT2D eigenvalue weighted by Gasteiger charge is -2.63. The van der Waals surface area contributed by atoms with E-state index in [9.17, 15) is 13.2 Å². The van der Waals surface area contributed by atoms with E-state index in [0.717, 1.165) is 13.0 Å². The molecule has 0 aromatic rings. The first-order valence-electron chi connectivity index (χ1n) is 7.86. The number of fused-ring (bicyclic) bond motifs is 1. The molecular weight excluding hydrogens is 281 g/mol. The van der Waals surface area contributed by atoms with Crippen LogP contribution in [0.4, 0.5) is 13.2 Å². The van der Waals surface area contributed by atoms with Crippen LogP contribution in [-0.2, 0) is 4.74 Å². The minimum absolute atomic E-state index is 0.102. The summed E-state index contributed by atoms with van der Waals surface area (Å²) >= 11 is 0. The molecule has 1 saturated carbocycles. The van der Waals surface area contributed by atoms with Crippen LogP contribution >= 0.6 is 0 Å². The Hall–Kier alpha value is -0.330. The third-order valence-corrected chi connectivity index (χ3v) is 6.20. The molecule has 3 rings (SSSR count). The van der Waals surface area contributed by atoms with Crippen molar-refractivity contribution in [2.24, 2.45) is 23.0 Å². The average Bonchev–Trinajstić information content (AvgIpc) is 2.86. The van der Waals surface area contributed by atoms with E-state index < -0.39 is 12.1 Å². The maximum atomic E-state index is 12.7. The molecule has 2 saturated heterocycles. The average molecular weight is 306 g/mol. The van der Waals surface area contributed by atoms with Crippen LogP contribution in [0.5, 0.6) is 0 Å². The summed E-state index contributed by atoms with van der Waals surface area (Å²) in [6.45, 7) is 6.70. The molecule has 0 aromatic heterocycles. The van der Waals surface area contributed by atoms with Crippen molar-refractivity contribution in [1.82, 2.24) is 4.90 Å². The highest BCUT2D eigenvalue weighted by Gasteiger charge is 2.67. The van der Waals surface area contributed by atoms with Gasteiger partial charge in [-0.15, -0.1) is 0 Å².